The molecule has 1 saturated heterocycles. The maximum Gasteiger partial charge on any atom is 0.303 e. The Hall–Kier alpha value is -4.99. The highest BCUT2D eigenvalue weighted by Gasteiger charge is 2.30. The molecular formula is C33H36N4O6. The molecule has 3 aliphatic rings. The first kappa shape index (κ1) is 31.0. The maximum atomic E-state index is 12.3. The number of allylic oxidation sites excluding steroid dienone is 6. The van der Waals surface area contributed by atoms with Crippen LogP contribution in [-0.2, 0) is 25.6 Å². The number of nitrogens with zero attached hydrogens (tertiary/aromatic N) is 1. The lowest BCUT2D eigenvalue weighted by molar-refractivity contribution is -0.138. The van der Waals surface area contributed by atoms with E-state index in [1.807, 2.05) is 58.9 Å². The lowest BCUT2D eigenvalue weighted by Crippen LogP contribution is -2.16. The average molecular weight is 585 g/mol. The SMILES string of the molecule is C=CC1=C(C)/C(=C/c2[nH]c(/C=C3N=C(/C=C4\NC(=O)C(C)\C4=C/C)C(C)=C\3CCC(=O)O)c(CCC(=O)O)c2C)NC1=O. The summed E-state index contributed by atoms with van der Waals surface area (Å²) in [5.41, 5.74) is 9.05. The van der Waals surface area contributed by atoms with E-state index in [9.17, 15) is 29.4 Å². The van der Waals surface area contributed by atoms with Crippen molar-refractivity contribution in [2.24, 2.45) is 10.9 Å². The summed E-state index contributed by atoms with van der Waals surface area (Å²) in [4.78, 5) is 55.9. The summed E-state index contributed by atoms with van der Waals surface area (Å²) in [6, 6.07) is 0. The van der Waals surface area contributed by atoms with Crippen molar-refractivity contribution in [2.75, 3.05) is 0 Å². The molecule has 1 atom stereocenters. The van der Waals surface area contributed by atoms with Crippen molar-refractivity contribution in [3.8, 4) is 0 Å². The van der Waals surface area contributed by atoms with Gasteiger partial charge in [0.25, 0.3) is 5.91 Å². The number of carboxylic acid groups (broad SMARTS) is 2. The topological polar surface area (TPSA) is 161 Å². The molecule has 1 aromatic heterocycles. The summed E-state index contributed by atoms with van der Waals surface area (Å²) in [5.74, 6) is -2.50. The van der Waals surface area contributed by atoms with Crippen LogP contribution in [0.2, 0.25) is 0 Å². The number of aliphatic carboxylic acids is 2. The second-order valence-corrected chi connectivity index (χ2v) is 10.7. The van der Waals surface area contributed by atoms with Gasteiger partial charge in [-0.25, -0.2) is 4.99 Å². The van der Waals surface area contributed by atoms with Crippen LogP contribution in [0.1, 0.15) is 69.5 Å². The maximum absolute atomic E-state index is 12.3. The van der Waals surface area contributed by atoms with Crippen LogP contribution in [0, 0.1) is 12.8 Å². The van der Waals surface area contributed by atoms with Gasteiger partial charge in [0, 0.05) is 41.2 Å². The van der Waals surface area contributed by atoms with E-state index < -0.39 is 11.9 Å². The summed E-state index contributed by atoms with van der Waals surface area (Å²) in [6.45, 7) is 13.0. The van der Waals surface area contributed by atoms with Crippen molar-refractivity contribution in [1.29, 1.82) is 0 Å². The highest BCUT2D eigenvalue weighted by molar-refractivity contribution is 6.13. The Kier molecular flexibility index (Phi) is 8.99. The lowest BCUT2D eigenvalue weighted by Gasteiger charge is -2.06. The third-order valence-electron chi connectivity index (χ3n) is 8.11. The Bertz CT molecular complexity index is 1670. The molecule has 224 valence electrons. The normalized spacial score (nSPS) is 22.3. The van der Waals surface area contributed by atoms with Gasteiger partial charge in [0.2, 0.25) is 5.91 Å². The number of hydrogen-bond acceptors (Lipinski definition) is 5. The fourth-order valence-electron chi connectivity index (χ4n) is 5.55. The van der Waals surface area contributed by atoms with E-state index in [0.29, 0.717) is 39.8 Å². The Balaban J connectivity index is 1.84. The van der Waals surface area contributed by atoms with Gasteiger partial charge in [-0.2, -0.15) is 0 Å². The highest BCUT2D eigenvalue weighted by Crippen LogP contribution is 2.35. The van der Waals surface area contributed by atoms with Crippen molar-refractivity contribution in [3.63, 3.8) is 0 Å². The van der Waals surface area contributed by atoms with Gasteiger partial charge in [0.15, 0.2) is 0 Å². The Morgan fingerprint density at radius 1 is 0.930 bits per heavy atom. The van der Waals surface area contributed by atoms with Gasteiger partial charge in [-0.1, -0.05) is 18.7 Å². The van der Waals surface area contributed by atoms with Crippen LogP contribution >= 0.6 is 0 Å². The number of carbonyl (C=O) groups is 4. The van der Waals surface area contributed by atoms with E-state index in [4.69, 9.17) is 4.99 Å². The van der Waals surface area contributed by atoms with Crippen LogP contribution in [0.15, 0.2) is 74.8 Å². The first-order valence-corrected chi connectivity index (χ1v) is 14.1. The van der Waals surface area contributed by atoms with Crippen molar-refractivity contribution >= 4 is 41.6 Å². The molecule has 10 heteroatoms. The molecule has 4 heterocycles. The molecule has 0 bridgehead atoms. The van der Waals surface area contributed by atoms with E-state index >= 15 is 0 Å². The van der Waals surface area contributed by atoms with Crippen LogP contribution in [0.25, 0.3) is 12.2 Å². The fourth-order valence-corrected chi connectivity index (χ4v) is 5.55. The van der Waals surface area contributed by atoms with Gasteiger partial charge in [-0.3, -0.25) is 19.2 Å². The summed E-state index contributed by atoms with van der Waals surface area (Å²) in [7, 11) is 0. The molecule has 0 aromatic carbocycles. The predicted octanol–water partition coefficient (Wildman–Crippen LogP) is 4.89. The average Bonchev–Trinajstić information content (AvgIpc) is 3.59. The minimum absolute atomic E-state index is 0.0908. The van der Waals surface area contributed by atoms with Gasteiger partial charge < -0.3 is 25.8 Å². The van der Waals surface area contributed by atoms with Gasteiger partial charge >= 0.3 is 11.9 Å². The monoisotopic (exact) mass is 584 g/mol. The molecule has 5 N–H and O–H groups in total. The molecule has 43 heavy (non-hydrogen) atoms. The fraction of sp³-hybridized carbons (Fsp3) is 0.303. The van der Waals surface area contributed by atoms with Crippen molar-refractivity contribution in [1.82, 2.24) is 15.6 Å². The number of carbonyl (C=O) groups excluding carboxylic acids is 2. The third kappa shape index (κ3) is 6.28. The smallest absolute Gasteiger partial charge is 0.303 e. The second-order valence-electron chi connectivity index (χ2n) is 10.7. The third-order valence-corrected chi connectivity index (χ3v) is 8.11. The van der Waals surface area contributed by atoms with Crippen LogP contribution < -0.4 is 10.6 Å². The summed E-state index contributed by atoms with van der Waals surface area (Å²) in [6.07, 6.45) is 9.14. The molecular weight excluding hydrogens is 548 g/mol. The summed E-state index contributed by atoms with van der Waals surface area (Å²) >= 11 is 0. The van der Waals surface area contributed by atoms with E-state index in [-0.39, 0.29) is 43.4 Å². The molecule has 10 nitrogen and oxygen atoms in total. The molecule has 3 aliphatic heterocycles. The second kappa shape index (κ2) is 12.5. The number of rotatable bonds is 10. The van der Waals surface area contributed by atoms with Crippen LogP contribution in [0.5, 0.6) is 0 Å². The Morgan fingerprint density at radius 2 is 1.60 bits per heavy atom. The van der Waals surface area contributed by atoms with Gasteiger partial charge in [0.1, 0.15) is 0 Å². The van der Waals surface area contributed by atoms with E-state index in [1.54, 1.807) is 0 Å². The molecule has 0 saturated carbocycles. The van der Waals surface area contributed by atoms with Gasteiger partial charge in [-0.15, -0.1) is 0 Å². The number of amides is 2. The van der Waals surface area contributed by atoms with Gasteiger partial charge in [-0.05, 0) is 99.1 Å². The zero-order valence-electron chi connectivity index (χ0n) is 25.0. The number of aromatic nitrogens is 1. The number of hydrogen-bond donors (Lipinski definition) is 5. The zero-order valence-corrected chi connectivity index (χ0v) is 25.0. The van der Waals surface area contributed by atoms with E-state index in [0.717, 1.165) is 33.4 Å². The molecule has 0 spiro atoms. The lowest BCUT2D eigenvalue weighted by atomic mass is 9.97. The first-order chi connectivity index (χ1) is 20.4. The molecule has 0 aliphatic carbocycles. The molecule has 4 rings (SSSR count). The predicted molar refractivity (Wildman–Crippen MR) is 165 cm³/mol. The standard InChI is InChI=1S/C33H36N4O6/c1-7-20-19(6)32(42)37-27(20)14-25-18(5)23(10-12-31(40)41)29(35-25)15-28-22(9-11-30(38)39)17(4)24(34-28)13-26-16(3)21(8-2)33(43)36-26/h7-8,13-15,19,34H,2,9-12H2,1,3-6H3,(H,36,43)(H,37,42)(H,38,39)(H,40,41)/b20-7+,26-13-,27-14-,29-15-. The quantitative estimate of drug-likeness (QED) is 0.263. The van der Waals surface area contributed by atoms with Gasteiger partial charge in [0.05, 0.1) is 17.3 Å². The minimum atomic E-state index is -0.938. The number of aromatic amines is 1. The largest absolute Gasteiger partial charge is 0.481 e. The minimum Gasteiger partial charge on any atom is -0.481 e. The number of H-pyrrole nitrogens is 1. The molecule has 2 amide bonds. The van der Waals surface area contributed by atoms with Crippen LogP contribution in [-0.4, -0.2) is 44.7 Å². The summed E-state index contributed by atoms with van der Waals surface area (Å²) in [5, 5.41) is 24.6. The molecule has 1 unspecified atom stereocenters. The molecule has 0 radical (unpaired) electrons. The Labute approximate surface area is 250 Å². The number of aliphatic imine (C=N–C) groups is 1. The highest BCUT2D eigenvalue weighted by atomic mass is 16.4. The van der Waals surface area contributed by atoms with Crippen LogP contribution in [0.4, 0.5) is 0 Å². The van der Waals surface area contributed by atoms with Crippen molar-refractivity contribution in [2.45, 2.75) is 60.3 Å². The number of carboxylic acids is 2. The van der Waals surface area contributed by atoms with Crippen molar-refractivity contribution < 1.29 is 29.4 Å². The van der Waals surface area contributed by atoms with Crippen LogP contribution in [0.3, 0.4) is 0 Å². The van der Waals surface area contributed by atoms with E-state index in [1.165, 1.54) is 6.08 Å². The first-order valence-electron chi connectivity index (χ1n) is 14.1. The summed E-state index contributed by atoms with van der Waals surface area (Å²) < 4.78 is 0. The molecule has 1 fully saturated rings. The van der Waals surface area contributed by atoms with E-state index in [2.05, 4.69) is 22.2 Å². The zero-order chi connectivity index (χ0) is 31.6. The van der Waals surface area contributed by atoms with Crippen molar-refractivity contribution in [3.05, 3.63) is 92.3 Å². The Morgan fingerprint density at radius 3 is 2.21 bits per heavy atom. The number of nitrogens with one attached hydrogen (secondary N) is 3. The molecule has 1 aromatic rings.